The largest absolute Gasteiger partial charge is 0.759 e. The van der Waals surface area contributed by atoms with Gasteiger partial charge in [-0.1, -0.05) is 0 Å². The normalized spacial score (nSPS) is 16.1. The number of halogens is 34. The highest BCUT2D eigenvalue weighted by Crippen LogP contribution is 2.66. The van der Waals surface area contributed by atoms with Crippen molar-refractivity contribution in [3.63, 3.8) is 0 Å². The van der Waals surface area contributed by atoms with Crippen LogP contribution >= 0.6 is 0 Å². The van der Waals surface area contributed by atoms with Gasteiger partial charge >= 0.3 is 93.9 Å². The van der Waals surface area contributed by atoms with Crippen LogP contribution in [0.3, 0.4) is 0 Å². The Kier molecular flexibility index (Phi) is 22.6. The van der Waals surface area contributed by atoms with Crippen LogP contribution in [0.1, 0.15) is 12.8 Å². The Balaban J connectivity index is -0.00000130. The van der Waals surface area contributed by atoms with Gasteiger partial charge in [0.25, 0.3) is 20.0 Å². The highest BCUT2D eigenvalue weighted by molar-refractivity contribution is 7.90. The molecule has 0 bridgehead atoms. The first-order valence-corrected chi connectivity index (χ1v) is 22.4. The molecule has 0 atom stereocenters. The van der Waals surface area contributed by atoms with E-state index in [0.717, 1.165) is 0 Å². The number of nitrogens with zero attached hydrogens (tertiary/aromatic N) is 2. The maximum atomic E-state index is 13.8. The molecule has 0 aromatic carbocycles. The summed E-state index contributed by atoms with van der Waals surface area (Å²) in [5, 5.41) is -15.1. The molecule has 0 rings (SSSR count). The van der Waals surface area contributed by atoms with Crippen molar-refractivity contribution in [2.45, 2.75) is 107 Å². The Bertz CT molecular complexity index is 2170. The van der Waals surface area contributed by atoms with Gasteiger partial charge in [0.2, 0.25) is 0 Å². The minimum atomic E-state index is -8.83. The smallest absolute Gasteiger partial charge is 0.460 e. The van der Waals surface area contributed by atoms with E-state index in [1.165, 1.54) is 42.3 Å². The number of nitrogens with one attached hydrogen (secondary N) is 2. The molecule has 0 aromatic rings. The van der Waals surface area contributed by atoms with Crippen LogP contribution in [-0.2, 0) is 30.4 Å². The Morgan fingerprint density at radius 3 is 0.584 bits per heavy atom. The predicted molar refractivity (Wildman–Crippen MR) is 181 cm³/mol. The Labute approximate surface area is 407 Å². The van der Waals surface area contributed by atoms with Gasteiger partial charge in [0.05, 0.1) is 55.4 Å². The summed E-state index contributed by atoms with van der Waals surface area (Å²) in [5.74, 6) is -103. The third-order valence-corrected chi connectivity index (χ3v) is 11.7. The topological polar surface area (TPSA) is 173 Å². The van der Waals surface area contributed by atoms with E-state index in [-0.39, 0.29) is 22.1 Å². The molecule has 0 fully saturated rings. The molecule has 0 aliphatic heterocycles. The van der Waals surface area contributed by atoms with Gasteiger partial charge in [0.1, 0.15) is 0 Å². The summed E-state index contributed by atoms with van der Waals surface area (Å²) in [6.07, 6.45) is -16.7. The highest BCUT2D eigenvalue weighted by atomic mass is 32.3. The summed E-state index contributed by atoms with van der Waals surface area (Å²) >= 11 is 0. The van der Waals surface area contributed by atoms with E-state index in [0.29, 0.717) is 9.44 Å². The Morgan fingerprint density at radius 2 is 0.442 bits per heavy atom. The number of rotatable bonds is 24. The quantitative estimate of drug-likeness (QED) is 0.0318. The molecular formula is C28H32F34N4O8S3. The van der Waals surface area contributed by atoms with Crippen molar-refractivity contribution in [2.75, 3.05) is 68.5 Å². The highest BCUT2D eigenvalue weighted by Gasteiger charge is 2.98. The van der Waals surface area contributed by atoms with Crippen LogP contribution in [0.2, 0.25) is 0 Å². The first kappa shape index (κ1) is 78.5. The number of sulfonamides is 2. The SMILES string of the molecule is C[N+](C)(C)CCCNS(=O)(=O)C(F)(F)C(F)(F)C(F)(F)C(F)(F)C(F)(F)C(F)(F)C(F)(F)C(F)(F)F.C[N+](C)(C)CCCNS(=O)(=O)C(F)(F)C(F)(F)C(F)(F)C(F)(F)C(F)(F)C(F)(F)C(F)(F)C(F)(F)F.O=S(=O)([O-])[O-]. The average Bonchev–Trinajstić information content (AvgIpc) is 3.15. The number of quaternary nitrogens is 2. The molecule has 0 saturated carbocycles. The van der Waals surface area contributed by atoms with Crippen molar-refractivity contribution in [3.8, 4) is 0 Å². The third-order valence-electron chi connectivity index (χ3n) is 8.66. The van der Waals surface area contributed by atoms with E-state index in [4.69, 9.17) is 17.5 Å². The average molecular weight is 1290 g/mol. The molecule has 0 aliphatic rings. The van der Waals surface area contributed by atoms with E-state index in [1.54, 1.807) is 0 Å². The number of alkyl halides is 34. The molecule has 12 nitrogen and oxygen atoms in total. The maximum Gasteiger partial charge on any atom is 0.460 e. The van der Waals surface area contributed by atoms with Gasteiger partial charge in [-0.15, -0.1) is 0 Å². The molecule has 0 aliphatic carbocycles. The third kappa shape index (κ3) is 14.7. The van der Waals surface area contributed by atoms with Crippen LogP contribution in [0.4, 0.5) is 149 Å². The first-order valence-electron chi connectivity index (χ1n) is 18.1. The van der Waals surface area contributed by atoms with Crippen LogP contribution in [0.15, 0.2) is 0 Å². The zero-order chi connectivity index (χ0) is 64.2. The second-order valence-corrected chi connectivity index (χ2v) is 21.3. The Morgan fingerprint density at radius 1 is 0.299 bits per heavy atom. The summed E-state index contributed by atoms with van der Waals surface area (Å²) < 4.78 is 528. The standard InChI is InChI=1S/2C14H16F17N2O2S.H2O4S/c2*1-33(2,3)6-4-5-32-36(34,35)14(30,31)12(25,26)10(21,22)8(17,18)7(15,16)9(19,20)11(23,24)13(27,28)29;1-5(2,3)4/h2*32H,4-6H2,1-3H3;(H2,1,2,3,4)/q2*+1;/p-2. The fourth-order valence-electron chi connectivity index (χ4n) is 4.34. The minimum Gasteiger partial charge on any atom is -0.759 e. The van der Waals surface area contributed by atoms with Gasteiger partial charge in [0, 0.05) is 36.3 Å². The molecular weight excluding hydrogens is 1260 g/mol. The van der Waals surface area contributed by atoms with E-state index in [1.807, 2.05) is 0 Å². The second kappa shape index (κ2) is 22.2. The van der Waals surface area contributed by atoms with E-state index < -0.39 is 150 Å². The summed E-state index contributed by atoms with van der Waals surface area (Å²) in [5.41, 5.74) is 0. The molecule has 0 aromatic heterocycles. The first-order chi connectivity index (χ1) is 32.4. The molecule has 0 radical (unpaired) electrons. The van der Waals surface area contributed by atoms with Gasteiger partial charge < -0.3 is 18.1 Å². The summed E-state index contributed by atoms with van der Waals surface area (Å²) in [6, 6.07) is 0. The summed E-state index contributed by atoms with van der Waals surface area (Å²) in [7, 11) is -11.0. The lowest BCUT2D eigenvalue weighted by Crippen LogP contribution is -2.75. The molecule has 2 N–H and O–H groups in total. The minimum absolute atomic E-state index is 0.0234. The van der Waals surface area contributed by atoms with Crippen molar-refractivity contribution in [3.05, 3.63) is 0 Å². The molecule has 77 heavy (non-hydrogen) atoms. The lowest BCUT2D eigenvalue weighted by atomic mass is 9.91. The lowest BCUT2D eigenvalue weighted by molar-refractivity contribution is -0.870. The van der Waals surface area contributed by atoms with Crippen molar-refractivity contribution in [2.24, 2.45) is 0 Å². The number of hydrogen-bond donors (Lipinski definition) is 2. The lowest BCUT2D eigenvalue weighted by Gasteiger charge is -2.42. The van der Waals surface area contributed by atoms with Crippen molar-refractivity contribution >= 4 is 30.4 Å². The zero-order valence-electron chi connectivity index (χ0n) is 37.5. The van der Waals surface area contributed by atoms with Crippen LogP contribution in [-0.4, -0.2) is 206 Å². The fraction of sp³-hybridized carbons (Fsp3) is 1.00. The van der Waals surface area contributed by atoms with E-state index in [9.17, 15) is 166 Å². The molecule has 0 unspecified atom stereocenters. The second-order valence-electron chi connectivity index (χ2n) is 16.9. The van der Waals surface area contributed by atoms with Crippen molar-refractivity contribution in [1.29, 1.82) is 0 Å². The molecule has 0 saturated heterocycles. The van der Waals surface area contributed by atoms with E-state index >= 15 is 0 Å². The van der Waals surface area contributed by atoms with Gasteiger partial charge in [0.15, 0.2) is 0 Å². The van der Waals surface area contributed by atoms with Gasteiger partial charge in [-0.25, -0.2) is 26.3 Å². The number of hydrogen-bond acceptors (Lipinski definition) is 8. The van der Waals surface area contributed by atoms with Crippen molar-refractivity contribution < 1.29 is 193 Å². The summed E-state index contributed by atoms with van der Waals surface area (Å²) in [6.45, 7) is -2.77. The molecule has 468 valence electrons. The molecule has 49 heteroatoms. The monoisotopic (exact) mass is 1290 g/mol. The predicted octanol–water partition coefficient (Wildman–Crippen LogP) is 8.60. The van der Waals surface area contributed by atoms with E-state index in [2.05, 4.69) is 0 Å². The van der Waals surface area contributed by atoms with Crippen LogP contribution < -0.4 is 9.44 Å². The van der Waals surface area contributed by atoms with Crippen LogP contribution in [0.5, 0.6) is 0 Å². The molecule has 0 amide bonds. The molecule has 0 heterocycles. The van der Waals surface area contributed by atoms with Gasteiger partial charge in [-0.05, 0) is 0 Å². The summed E-state index contributed by atoms with van der Waals surface area (Å²) in [4.78, 5) is 0. The Hall–Kier alpha value is -2.77. The van der Waals surface area contributed by atoms with Crippen LogP contribution in [0, 0.1) is 0 Å². The fourth-order valence-corrected chi connectivity index (χ4v) is 6.46. The maximum absolute atomic E-state index is 13.8. The van der Waals surface area contributed by atoms with Crippen LogP contribution in [0.25, 0.3) is 0 Å². The molecule has 0 spiro atoms. The van der Waals surface area contributed by atoms with Crippen molar-refractivity contribution in [1.82, 2.24) is 9.44 Å². The zero-order valence-corrected chi connectivity index (χ0v) is 39.9. The van der Waals surface area contributed by atoms with Gasteiger partial charge in [-0.3, -0.25) is 8.42 Å². The van der Waals surface area contributed by atoms with Gasteiger partial charge in [-0.2, -0.15) is 149 Å².